The molecule has 3 rings (SSSR count). The van der Waals surface area contributed by atoms with Crippen LogP contribution in [0, 0.1) is 5.41 Å². The van der Waals surface area contributed by atoms with Crippen molar-refractivity contribution in [2.45, 2.75) is 32.8 Å². The summed E-state index contributed by atoms with van der Waals surface area (Å²) in [6, 6.07) is 10.1. The van der Waals surface area contributed by atoms with Crippen molar-refractivity contribution in [3.63, 3.8) is 0 Å². The molecule has 1 N–H and O–H groups in total. The van der Waals surface area contributed by atoms with E-state index in [1.54, 1.807) is 0 Å². The molecule has 0 radical (unpaired) electrons. The highest BCUT2D eigenvalue weighted by atomic mass is 16.3. The van der Waals surface area contributed by atoms with Crippen molar-refractivity contribution in [2.24, 2.45) is 5.41 Å². The van der Waals surface area contributed by atoms with Gasteiger partial charge in [-0.15, -0.1) is 0 Å². The van der Waals surface area contributed by atoms with Crippen molar-refractivity contribution in [1.82, 2.24) is 9.78 Å². The van der Waals surface area contributed by atoms with Gasteiger partial charge in [0.05, 0.1) is 23.7 Å². The Morgan fingerprint density at radius 2 is 2.00 bits per heavy atom. The molecule has 3 heteroatoms. The molecule has 0 saturated heterocycles. The molecule has 0 spiro atoms. The van der Waals surface area contributed by atoms with Crippen LogP contribution in [0.25, 0.3) is 5.69 Å². The van der Waals surface area contributed by atoms with Gasteiger partial charge in [0.1, 0.15) is 0 Å². The number of para-hydroxylation sites is 1. The fourth-order valence-electron chi connectivity index (χ4n) is 2.79. The molecule has 1 aromatic heterocycles. The Kier molecular flexibility index (Phi) is 2.52. The van der Waals surface area contributed by atoms with Gasteiger partial charge in [0.2, 0.25) is 0 Å². The molecule has 94 valence electrons. The predicted molar refractivity (Wildman–Crippen MR) is 70.6 cm³/mol. The minimum Gasteiger partial charge on any atom is -0.388 e. The molecule has 0 amide bonds. The third-order valence-electron chi connectivity index (χ3n) is 3.65. The van der Waals surface area contributed by atoms with E-state index in [0.717, 1.165) is 29.8 Å². The van der Waals surface area contributed by atoms with E-state index >= 15 is 0 Å². The van der Waals surface area contributed by atoms with Crippen molar-refractivity contribution in [2.75, 3.05) is 0 Å². The first-order valence-electron chi connectivity index (χ1n) is 6.37. The maximum Gasteiger partial charge on any atom is 0.0828 e. The highest BCUT2D eigenvalue weighted by Gasteiger charge is 2.34. The van der Waals surface area contributed by atoms with Gasteiger partial charge in [0.25, 0.3) is 0 Å². The van der Waals surface area contributed by atoms with Gasteiger partial charge in [-0.1, -0.05) is 32.0 Å². The molecule has 0 saturated carbocycles. The Balaban J connectivity index is 2.10. The summed E-state index contributed by atoms with van der Waals surface area (Å²) in [5.74, 6) is 0. The number of hydrogen-bond donors (Lipinski definition) is 1. The van der Waals surface area contributed by atoms with E-state index in [4.69, 9.17) is 0 Å². The number of hydrogen-bond acceptors (Lipinski definition) is 2. The molecule has 3 nitrogen and oxygen atoms in total. The van der Waals surface area contributed by atoms with Crippen LogP contribution >= 0.6 is 0 Å². The maximum atomic E-state index is 10.2. The van der Waals surface area contributed by atoms with Gasteiger partial charge in [0, 0.05) is 5.56 Å². The predicted octanol–water partition coefficient (Wildman–Crippen LogP) is 2.88. The molecule has 0 aliphatic heterocycles. The summed E-state index contributed by atoms with van der Waals surface area (Å²) < 4.78 is 1.96. The quantitative estimate of drug-likeness (QED) is 0.835. The maximum absolute atomic E-state index is 10.2. The van der Waals surface area contributed by atoms with E-state index in [1.165, 1.54) is 0 Å². The third-order valence-corrected chi connectivity index (χ3v) is 3.65. The van der Waals surface area contributed by atoms with Crippen molar-refractivity contribution in [3.05, 3.63) is 47.8 Å². The van der Waals surface area contributed by atoms with Crippen molar-refractivity contribution in [3.8, 4) is 5.69 Å². The lowest BCUT2D eigenvalue weighted by Gasteiger charge is -2.33. The summed E-state index contributed by atoms with van der Waals surface area (Å²) in [6.07, 6.45) is 3.18. The highest BCUT2D eigenvalue weighted by molar-refractivity contribution is 5.37. The summed E-state index contributed by atoms with van der Waals surface area (Å²) in [5, 5.41) is 14.6. The Morgan fingerprint density at radius 3 is 2.72 bits per heavy atom. The molecule has 1 atom stereocenters. The summed E-state index contributed by atoms with van der Waals surface area (Å²) in [4.78, 5) is 0. The molecule has 0 fully saturated rings. The van der Waals surface area contributed by atoms with Crippen LogP contribution in [0.15, 0.2) is 36.5 Å². The first-order chi connectivity index (χ1) is 8.57. The van der Waals surface area contributed by atoms with E-state index in [9.17, 15) is 5.11 Å². The average molecular weight is 242 g/mol. The molecule has 1 aliphatic rings. The molecule has 1 unspecified atom stereocenters. The highest BCUT2D eigenvalue weighted by Crippen LogP contribution is 2.41. The van der Waals surface area contributed by atoms with Crippen LogP contribution in [-0.4, -0.2) is 14.9 Å². The lowest BCUT2D eigenvalue weighted by atomic mass is 9.75. The van der Waals surface area contributed by atoms with Gasteiger partial charge in [-0.2, -0.15) is 5.10 Å². The lowest BCUT2D eigenvalue weighted by molar-refractivity contribution is 0.0987. The van der Waals surface area contributed by atoms with Crippen LogP contribution in [0.3, 0.4) is 0 Å². The molecule has 2 aromatic rings. The molecule has 18 heavy (non-hydrogen) atoms. The summed E-state index contributed by atoms with van der Waals surface area (Å²) in [7, 11) is 0. The van der Waals surface area contributed by atoms with Crippen LogP contribution < -0.4 is 0 Å². The van der Waals surface area contributed by atoms with Crippen LogP contribution in [0.2, 0.25) is 0 Å². The Bertz CT molecular complexity index is 557. The van der Waals surface area contributed by atoms with E-state index in [2.05, 4.69) is 18.9 Å². The zero-order chi connectivity index (χ0) is 12.8. The molecular formula is C15H18N2O. The first-order valence-corrected chi connectivity index (χ1v) is 6.37. The average Bonchev–Trinajstić information content (AvgIpc) is 2.72. The molecule has 1 aliphatic carbocycles. The van der Waals surface area contributed by atoms with Gasteiger partial charge in [-0.25, -0.2) is 4.68 Å². The second kappa shape index (κ2) is 3.95. The zero-order valence-electron chi connectivity index (χ0n) is 10.8. The minimum atomic E-state index is -0.388. The van der Waals surface area contributed by atoms with Gasteiger partial charge in [-0.3, -0.25) is 0 Å². The van der Waals surface area contributed by atoms with Gasteiger partial charge < -0.3 is 5.11 Å². The van der Waals surface area contributed by atoms with Crippen LogP contribution in [0.1, 0.15) is 37.6 Å². The van der Waals surface area contributed by atoms with Crippen molar-refractivity contribution >= 4 is 0 Å². The zero-order valence-corrected chi connectivity index (χ0v) is 10.8. The SMILES string of the molecule is CC1(C)Cc2c(cnn2-c2ccccc2)C(O)C1. The van der Waals surface area contributed by atoms with Crippen LogP contribution in [0.5, 0.6) is 0 Å². The van der Waals surface area contributed by atoms with Gasteiger partial charge in [0.15, 0.2) is 0 Å². The number of aromatic nitrogens is 2. The van der Waals surface area contributed by atoms with Gasteiger partial charge >= 0.3 is 0 Å². The number of aliphatic hydroxyl groups is 1. The van der Waals surface area contributed by atoms with Crippen molar-refractivity contribution < 1.29 is 5.11 Å². The van der Waals surface area contributed by atoms with E-state index < -0.39 is 0 Å². The second-order valence-electron chi connectivity index (χ2n) is 5.85. The van der Waals surface area contributed by atoms with Crippen LogP contribution in [0.4, 0.5) is 0 Å². The standard InChI is InChI=1S/C15H18N2O/c1-15(2)8-13-12(14(18)9-15)10-16-17(13)11-6-4-3-5-7-11/h3-7,10,14,18H,8-9H2,1-2H3. The Hall–Kier alpha value is -1.61. The lowest BCUT2D eigenvalue weighted by Crippen LogP contribution is -2.26. The summed E-state index contributed by atoms with van der Waals surface area (Å²) in [6.45, 7) is 4.39. The van der Waals surface area contributed by atoms with E-state index in [1.807, 2.05) is 41.2 Å². The number of nitrogens with zero attached hydrogens (tertiary/aromatic N) is 2. The molecule has 0 bridgehead atoms. The minimum absolute atomic E-state index is 0.124. The Labute approximate surface area is 107 Å². The van der Waals surface area contributed by atoms with E-state index in [-0.39, 0.29) is 11.5 Å². The smallest absolute Gasteiger partial charge is 0.0828 e. The van der Waals surface area contributed by atoms with Gasteiger partial charge in [-0.05, 0) is 30.4 Å². The fraction of sp³-hybridized carbons (Fsp3) is 0.400. The Morgan fingerprint density at radius 1 is 1.28 bits per heavy atom. The number of fused-ring (bicyclic) bond motifs is 1. The second-order valence-corrected chi connectivity index (χ2v) is 5.85. The topological polar surface area (TPSA) is 38.0 Å². The molecule has 1 aromatic carbocycles. The first kappa shape index (κ1) is 11.5. The number of rotatable bonds is 1. The monoisotopic (exact) mass is 242 g/mol. The summed E-state index contributed by atoms with van der Waals surface area (Å²) >= 11 is 0. The fourth-order valence-corrected chi connectivity index (χ4v) is 2.79. The normalized spacial score (nSPS) is 21.6. The van der Waals surface area contributed by atoms with Crippen LogP contribution in [-0.2, 0) is 6.42 Å². The molecular weight excluding hydrogens is 224 g/mol. The number of benzene rings is 1. The van der Waals surface area contributed by atoms with E-state index in [0.29, 0.717) is 0 Å². The third kappa shape index (κ3) is 1.85. The van der Waals surface area contributed by atoms with Crippen molar-refractivity contribution in [1.29, 1.82) is 0 Å². The number of aliphatic hydroxyl groups excluding tert-OH is 1. The molecule has 1 heterocycles. The largest absolute Gasteiger partial charge is 0.388 e. The summed E-state index contributed by atoms with van der Waals surface area (Å²) in [5.41, 5.74) is 3.31.